The number of methoxy groups -OCH3 is 1. The van der Waals surface area contributed by atoms with Gasteiger partial charge in [-0.05, 0) is 25.7 Å². The maximum atomic E-state index is 10.9. The lowest BCUT2D eigenvalue weighted by molar-refractivity contribution is -0.140. The van der Waals surface area contributed by atoms with E-state index in [1.165, 1.54) is 7.11 Å². The molecule has 16 heavy (non-hydrogen) atoms. The molecule has 0 aromatic carbocycles. The second kappa shape index (κ2) is 10.5. The molecule has 0 bridgehead atoms. The van der Waals surface area contributed by atoms with Gasteiger partial charge in [0.15, 0.2) is 0 Å². The van der Waals surface area contributed by atoms with Crippen molar-refractivity contribution >= 4 is 12.4 Å². The quantitative estimate of drug-likeness (QED) is 0.328. The van der Waals surface area contributed by atoms with E-state index in [0.29, 0.717) is 19.3 Å². The Hall–Kier alpha value is -1.06. The van der Waals surface area contributed by atoms with Crippen LogP contribution in [-0.2, 0) is 19.1 Å². The van der Waals surface area contributed by atoms with Crippen LogP contribution in [0.1, 0.15) is 51.9 Å². The third-order valence-corrected chi connectivity index (χ3v) is 2.51. The van der Waals surface area contributed by atoms with Gasteiger partial charge in [-0.3, -0.25) is 9.59 Å². The lowest BCUT2D eigenvalue weighted by atomic mass is 10.1. The van der Waals surface area contributed by atoms with E-state index in [9.17, 15) is 9.59 Å². The summed E-state index contributed by atoms with van der Waals surface area (Å²) in [7, 11) is 1.38. The molecule has 0 aromatic heterocycles. The van der Waals surface area contributed by atoms with Crippen molar-refractivity contribution < 1.29 is 19.1 Å². The van der Waals surface area contributed by atoms with Gasteiger partial charge in [0.2, 0.25) is 0 Å². The lowest BCUT2D eigenvalue weighted by Gasteiger charge is -2.14. The van der Waals surface area contributed by atoms with Crippen molar-refractivity contribution in [3.8, 4) is 0 Å². The second-order valence-corrected chi connectivity index (χ2v) is 3.82. The Labute approximate surface area is 97.3 Å². The van der Waals surface area contributed by atoms with Gasteiger partial charge >= 0.3 is 5.97 Å². The van der Waals surface area contributed by atoms with Crippen LogP contribution in [0.15, 0.2) is 0 Å². The van der Waals surface area contributed by atoms with Gasteiger partial charge in [-0.25, -0.2) is 0 Å². The Morgan fingerprint density at radius 2 is 1.94 bits per heavy atom. The fourth-order valence-corrected chi connectivity index (χ4v) is 1.56. The molecule has 1 atom stereocenters. The van der Waals surface area contributed by atoms with Crippen LogP contribution in [-0.4, -0.2) is 25.7 Å². The summed E-state index contributed by atoms with van der Waals surface area (Å²) in [5, 5.41) is 0. The molecule has 0 fully saturated rings. The number of carbonyl (C=O) groups is 2. The molecule has 0 amide bonds. The second-order valence-electron chi connectivity index (χ2n) is 3.82. The molecule has 0 saturated carbocycles. The number of hydrogen-bond donors (Lipinski definition) is 0. The van der Waals surface area contributed by atoms with Crippen molar-refractivity contribution in [3.63, 3.8) is 0 Å². The van der Waals surface area contributed by atoms with Gasteiger partial charge in [0, 0.05) is 6.42 Å². The molecule has 0 N–H and O–H groups in total. The molecule has 0 rings (SSSR count). The minimum Gasteiger partial charge on any atom is -0.469 e. The predicted octanol–water partition coefficient (Wildman–Crippen LogP) is 2.45. The standard InChI is InChI=1S/C12H22O4/c1-3-4-5-7-11(16-10-13)8-6-9-12(14)15-2/h10-11H,3-9H2,1-2H3. The summed E-state index contributed by atoms with van der Waals surface area (Å²) in [6, 6.07) is 0. The first-order valence-electron chi connectivity index (χ1n) is 5.90. The van der Waals surface area contributed by atoms with Gasteiger partial charge in [-0.1, -0.05) is 19.8 Å². The average Bonchev–Trinajstić information content (AvgIpc) is 2.29. The van der Waals surface area contributed by atoms with E-state index in [1.807, 2.05) is 0 Å². The van der Waals surface area contributed by atoms with Gasteiger partial charge in [-0.15, -0.1) is 0 Å². The summed E-state index contributed by atoms with van der Waals surface area (Å²) < 4.78 is 9.51. The van der Waals surface area contributed by atoms with E-state index in [2.05, 4.69) is 11.7 Å². The highest BCUT2D eigenvalue weighted by Gasteiger charge is 2.10. The highest BCUT2D eigenvalue weighted by Crippen LogP contribution is 2.12. The van der Waals surface area contributed by atoms with Crippen LogP contribution in [0.2, 0.25) is 0 Å². The first kappa shape index (κ1) is 14.9. The van der Waals surface area contributed by atoms with E-state index in [0.717, 1.165) is 32.1 Å². The fraction of sp³-hybridized carbons (Fsp3) is 0.833. The molecule has 94 valence electrons. The molecular formula is C12H22O4. The first-order valence-corrected chi connectivity index (χ1v) is 5.90. The van der Waals surface area contributed by atoms with E-state index in [1.54, 1.807) is 0 Å². The van der Waals surface area contributed by atoms with E-state index in [-0.39, 0.29) is 12.1 Å². The highest BCUT2D eigenvalue weighted by atomic mass is 16.5. The van der Waals surface area contributed by atoms with Crippen LogP contribution in [0.4, 0.5) is 0 Å². The Morgan fingerprint density at radius 1 is 1.25 bits per heavy atom. The zero-order valence-corrected chi connectivity index (χ0v) is 10.2. The zero-order chi connectivity index (χ0) is 12.2. The molecule has 0 aromatic rings. The third kappa shape index (κ3) is 8.26. The minimum atomic E-state index is -0.210. The number of esters is 1. The van der Waals surface area contributed by atoms with Crippen LogP contribution in [0.5, 0.6) is 0 Å². The van der Waals surface area contributed by atoms with Crippen molar-refractivity contribution in [2.24, 2.45) is 0 Å². The summed E-state index contributed by atoms with van der Waals surface area (Å²) in [6.45, 7) is 2.63. The number of carbonyl (C=O) groups excluding carboxylic acids is 2. The monoisotopic (exact) mass is 230 g/mol. The van der Waals surface area contributed by atoms with Gasteiger partial charge in [0.05, 0.1) is 7.11 Å². The maximum Gasteiger partial charge on any atom is 0.305 e. The van der Waals surface area contributed by atoms with Gasteiger partial charge in [0.25, 0.3) is 6.47 Å². The maximum absolute atomic E-state index is 10.9. The van der Waals surface area contributed by atoms with Crippen LogP contribution in [0.25, 0.3) is 0 Å². The fourth-order valence-electron chi connectivity index (χ4n) is 1.56. The van der Waals surface area contributed by atoms with Gasteiger partial charge in [0.1, 0.15) is 6.10 Å². The summed E-state index contributed by atoms with van der Waals surface area (Å²) in [6.07, 6.45) is 6.03. The van der Waals surface area contributed by atoms with Crippen molar-refractivity contribution in [2.75, 3.05) is 7.11 Å². The SMILES string of the molecule is CCCCCC(CCCC(=O)OC)OC=O. The predicted molar refractivity (Wildman–Crippen MR) is 60.9 cm³/mol. The summed E-state index contributed by atoms with van der Waals surface area (Å²) in [5.41, 5.74) is 0. The molecule has 0 aliphatic heterocycles. The molecule has 4 nitrogen and oxygen atoms in total. The Bertz CT molecular complexity index is 191. The first-order chi connectivity index (χ1) is 7.74. The van der Waals surface area contributed by atoms with Crippen LogP contribution in [0.3, 0.4) is 0 Å². The summed E-state index contributed by atoms with van der Waals surface area (Å²) in [5.74, 6) is -0.210. The number of rotatable bonds is 10. The summed E-state index contributed by atoms with van der Waals surface area (Å²) in [4.78, 5) is 21.2. The number of unbranched alkanes of at least 4 members (excludes halogenated alkanes) is 2. The molecule has 0 aliphatic carbocycles. The molecule has 0 radical (unpaired) electrons. The number of ether oxygens (including phenoxy) is 2. The highest BCUT2D eigenvalue weighted by molar-refractivity contribution is 5.68. The normalized spacial score (nSPS) is 11.9. The van der Waals surface area contributed by atoms with Crippen molar-refractivity contribution in [1.82, 2.24) is 0 Å². The van der Waals surface area contributed by atoms with E-state index >= 15 is 0 Å². The minimum absolute atomic E-state index is 0.0475. The van der Waals surface area contributed by atoms with Crippen molar-refractivity contribution in [2.45, 2.75) is 58.0 Å². The molecule has 0 heterocycles. The molecule has 0 spiro atoms. The smallest absolute Gasteiger partial charge is 0.305 e. The van der Waals surface area contributed by atoms with Crippen LogP contribution >= 0.6 is 0 Å². The third-order valence-electron chi connectivity index (χ3n) is 2.51. The molecule has 0 aliphatic rings. The molecule has 0 saturated heterocycles. The van der Waals surface area contributed by atoms with E-state index in [4.69, 9.17) is 4.74 Å². The zero-order valence-electron chi connectivity index (χ0n) is 10.2. The molecular weight excluding hydrogens is 208 g/mol. The molecule has 1 unspecified atom stereocenters. The van der Waals surface area contributed by atoms with Crippen LogP contribution in [0, 0.1) is 0 Å². The topological polar surface area (TPSA) is 52.6 Å². The lowest BCUT2D eigenvalue weighted by Crippen LogP contribution is -2.13. The number of hydrogen-bond acceptors (Lipinski definition) is 4. The van der Waals surface area contributed by atoms with Crippen LogP contribution < -0.4 is 0 Å². The van der Waals surface area contributed by atoms with Crippen molar-refractivity contribution in [3.05, 3.63) is 0 Å². The van der Waals surface area contributed by atoms with Gasteiger partial charge in [-0.2, -0.15) is 0 Å². The Balaban J connectivity index is 3.66. The summed E-state index contributed by atoms with van der Waals surface area (Å²) >= 11 is 0. The Kier molecular flexibility index (Phi) is 9.76. The van der Waals surface area contributed by atoms with Gasteiger partial charge < -0.3 is 9.47 Å². The van der Waals surface area contributed by atoms with E-state index < -0.39 is 0 Å². The molecule has 4 heteroatoms. The van der Waals surface area contributed by atoms with Crippen molar-refractivity contribution in [1.29, 1.82) is 0 Å². The average molecular weight is 230 g/mol. The largest absolute Gasteiger partial charge is 0.469 e. The Morgan fingerprint density at radius 3 is 2.50 bits per heavy atom.